The van der Waals surface area contributed by atoms with E-state index in [1.54, 1.807) is 0 Å². The van der Waals surface area contributed by atoms with E-state index in [1.165, 1.54) is 6.92 Å². The molecule has 1 aliphatic rings. The second-order valence-electron chi connectivity index (χ2n) is 4.28. The number of fused-ring (bicyclic) bond motifs is 1. The van der Waals surface area contributed by atoms with E-state index in [-0.39, 0.29) is 5.91 Å². The van der Waals surface area contributed by atoms with Crippen LogP contribution in [0.1, 0.15) is 18.1 Å². The number of carbonyl (C=O) groups excluding carboxylic acids is 3. The molecule has 1 heterocycles. The van der Waals surface area contributed by atoms with Crippen molar-refractivity contribution in [2.45, 2.75) is 19.8 Å². The van der Waals surface area contributed by atoms with Crippen LogP contribution in [0.4, 0.5) is 5.69 Å². The SMILES string of the molecule is CC(=O)C(=O)NCCc1ccc2c(c1)CC(=O)N2. The van der Waals surface area contributed by atoms with E-state index in [2.05, 4.69) is 10.6 Å². The summed E-state index contributed by atoms with van der Waals surface area (Å²) in [6.07, 6.45) is 1.05. The normalized spacial score (nSPS) is 12.8. The zero-order valence-electron chi connectivity index (χ0n) is 10.1. The van der Waals surface area contributed by atoms with E-state index in [0.29, 0.717) is 19.4 Å². The number of hydrogen-bond acceptors (Lipinski definition) is 3. The van der Waals surface area contributed by atoms with E-state index in [4.69, 9.17) is 0 Å². The molecule has 1 aromatic rings. The summed E-state index contributed by atoms with van der Waals surface area (Å²) in [4.78, 5) is 32.9. The molecular formula is C13H14N2O3. The molecule has 0 fully saturated rings. The van der Waals surface area contributed by atoms with Crippen LogP contribution in [0, 0.1) is 0 Å². The number of carbonyl (C=O) groups is 3. The van der Waals surface area contributed by atoms with Crippen molar-refractivity contribution < 1.29 is 14.4 Å². The summed E-state index contributed by atoms with van der Waals surface area (Å²) in [5.41, 5.74) is 2.88. The lowest BCUT2D eigenvalue weighted by Gasteiger charge is -2.05. The fourth-order valence-corrected chi connectivity index (χ4v) is 1.88. The standard InChI is InChI=1S/C13H14N2O3/c1-8(16)13(18)14-5-4-9-2-3-11-10(6-9)7-12(17)15-11/h2-3,6H,4-5,7H2,1H3,(H,14,18)(H,15,17). The summed E-state index contributed by atoms with van der Waals surface area (Å²) in [6.45, 7) is 1.65. The van der Waals surface area contributed by atoms with Crippen LogP contribution < -0.4 is 10.6 Å². The Labute approximate surface area is 105 Å². The van der Waals surface area contributed by atoms with Crippen molar-refractivity contribution in [1.82, 2.24) is 5.32 Å². The lowest BCUT2D eigenvalue weighted by Crippen LogP contribution is -2.30. The fourth-order valence-electron chi connectivity index (χ4n) is 1.88. The molecule has 5 heteroatoms. The summed E-state index contributed by atoms with van der Waals surface area (Å²) in [5, 5.41) is 5.30. The Morgan fingerprint density at radius 1 is 1.39 bits per heavy atom. The molecule has 94 valence electrons. The third-order valence-corrected chi connectivity index (χ3v) is 2.81. The van der Waals surface area contributed by atoms with Gasteiger partial charge in [0.05, 0.1) is 6.42 Å². The fraction of sp³-hybridized carbons (Fsp3) is 0.308. The predicted octanol–water partition coefficient (Wildman–Crippen LogP) is 0.429. The number of hydrogen-bond donors (Lipinski definition) is 2. The second-order valence-corrected chi connectivity index (χ2v) is 4.28. The predicted molar refractivity (Wildman–Crippen MR) is 66.2 cm³/mol. The maximum atomic E-state index is 11.2. The van der Waals surface area contributed by atoms with Gasteiger partial charge in [0.25, 0.3) is 5.91 Å². The maximum Gasteiger partial charge on any atom is 0.287 e. The number of amides is 2. The highest BCUT2D eigenvalue weighted by Crippen LogP contribution is 2.23. The molecule has 1 aromatic carbocycles. The van der Waals surface area contributed by atoms with Crippen LogP contribution in [0.2, 0.25) is 0 Å². The minimum absolute atomic E-state index is 0.00651. The molecule has 0 aliphatic carbocycles. The van der Waals surface area contributed by atoms with Gasteiger partial charge in [-0.25, -0.2) is 0 Å². The van der Waals surface area contributed by atoms with Gasteiger partial charge in [0.15, 0.2) is 0 Å². The first kappa shape index (κ1) is 12.3. The zero-order chi connectivity index (χ0) is 13.1. The van der Waals surface area contributed by atoms with Gasteiger partial charge in [0.2, 0.25) is 11.7 Å². The number of rotatable bonds is 4. The second kappa shape index (κ2) is 5.00. The third-order valence-electron chi connectivity index (χ3n) is 2.81. The number of nitrogens with one attached hydrogen (secondary N) is 2. The molecule has 1 aliphatic heterocycles. The monoisotopic (exact) mass is 246 g/mol. The third kappa shape index (κ3) is 2.74. The minimum atomic E-state index is -0.562. The van der Waals surface area contributed by atoms with Crippen LogP contribution in [-0.4, -0.2) is 24.1 Å². The Bertz CT molecular complexity index is 523. The number of Topliss-reactive ketones (excluding diaryl/α,β-unsaturated/α-hetero) is 1. The Morgan fingerprint density at radius 2 is 2.17 bits per heavy atom. The quantitative estimate of drug-likeness (QED) is 0.756. The molecule has 0 aromatic heterocycles. The van der Waals surface area contributed by atoms with E-state index in [9.17, 15) is 14.4 Å². The van der Waals surface area contributed by atoms with Crippen molar-refractivity contribution in [3.63, 3.8) is 0 Å². The van der Waals surface area contributed by atoms with Gasteiger partial charge in [0, 0.05) is 19.2 Å². The highest BCUT2D eigenvalue weighted by Gasteiger charge is 2.17. The Morgan fingerprint density at radius 3 is 2.89 bits per heavy atom. The molecule has 5 nitrogen and oxygen atoms in total. The van der Waals surface area contributed by atoms with Gasteiger partial charge >= 0.3 is 0 Å². The zero-order valence-corrected chi connectivity index (χ0v) is 10.1. The van der Waals surface area contributed by atoms with Crippen LogP contribution in [-0.2, 0) is 27.2 Å². The molecule has 0 saturated carbocycles. The number of anilines is 1. The first-order valence-corrected chi connectivity index (χ1v) is 5.76. The summed E-state index contributed by atoms with van der Waals surface area (Å²) in [6, 6.07) is 5.72. The first-order valence-electron chi connectivity index (χ1n) is 5.76. The van der Waals surface area contributed by atoms with Gasteiger partial charge in [-0.3, -0.25) is 14.4 Å². The summed E-state index contributed by atoms with van der Waals surface area (Å²) < 4.78 is 0. The first-order chi connectivity index (χ1) is 8.56. The summed E-state index contributed by atoms with van der Waals surface area (Å²) in [7, 11) is 0. The van der Waals surface area contributed by atoms with Gasteiger partial charge in [-0.15, -0.1) is 0 Å². The molecular weight excluding hydrogens is 232 g/mol. The van der Waals surface area contributed by atoms with Crippen LogP contribution >= 0.6 is 0 Å². The molecule has 2 rings (SSSR count). The van der Waals surface area contributed by atoms with E-state index >= 15 is 0 Å². The van der Waals surface area contributed by atoms with E-state index in [0.717, 1.165) is 16.8 Å². The smallest absolute Gasteiger partial charge is 0.287 e. The molecule has 18 heavy (non-hydrogen) atoms. The van der Waals surface area contributed by atoms with Crippen molar-refractivity contribution in [2.75, 3.05) is 11.9 Å². The Balaban J connectivity index is 1.92. The minimum Gasteiger partial charge on any atom is -0.349 e. The average Bonchev–Trinajstić information content (AvgIpc) is 2.68. The molecule has 2 amide bonds. The highest BCUT2D eigenvalue weighted by molar-refractivity contribution is 6.35. The van der Waals surface area contributed by atoms with E-state index in [1.807, 2.05) is 18.2 Å². The highest BCUT2D eigenvalue weighted by atomic mass is 16.2. The van der Waals surface area contributed by atoms with Crippen LogP contribution in [0.3, 0.4) is 0 Å². The molecule has 0 bridgehead atoms. The van der Waals surface area contributed by atoms with Crippen LogP contribution in [0.15, 0.2) is 18.2 Å². The van der Waals surface area contributed by atoms with Crippen LogP contribution in [0.25, 0.3) is 0 Å². The molecule has 0 radical (unpaired) electrons. The molecule has 0 atom stereocenters. The molecule has 0 saturated heterocycles. The van der Waals surface area contributed by atoms with Crippen molar-refractivity contribution in [1.29, 1.82) is 0 Å². The maximum absolute atomic E-state index is 11.2. The Hall–Kier alpha value is -2.17. The lowest BCUT2D eigenvalue weighted by molar-refractivity contribution is -0.136. The van der Waals surface area contributed by atoms with Gasteiger partial charge in [-0.2, -0.15) is 0 Å². The van der Waals surface area contributed by atoms with Gasteiger partial charge < -0.3 is 10.6 Å². The largest absolute Gasteiger partial charge is 0.349 e. The van der Waals surface area contributed by atoms with Crippen LogP contribution in [0.5, 0.6) is 0 Å². The van der Waals surface area contributed by atoms with Gasteiger partial charge in [-0.1, -0.05) is 12.1 Å². The molecule has 0 spiro atoms. The van der Waals surface area contributed by atoms with Crippen molar-refractivity contribution in [3.05, 3.63) is 29.3 Å². The lowest BCUT2D eigenvalue weighted by atomic mass is 10.1. The molecule has 2 N–H and O–H groups in total. The topological polar surface area (TPSA) is 75.3 Å². The number of benzene rings is 1. The summed E-state index contributed by atoms with van der Waals surface area (Å²) >= 11 is 0. The number of ketones is 1. The Kier molecular flexibility index (Phi) is 3.41. The summed E-state index contributed by atoms with van der Waals surface area (Å²) in [5.74, 6) is -1.04. The van der Waals surface area contributed by atoms with Gasteiger partial charge in [0.1, 0.15) is 0 Å². The average molecular weight is 246 g/mol. The van der Waals surface area contributed by atoms with Crippen molar-refractivity contribution in [3.8, 4) is 0 Å². The molecule has 0 unspecified atom stereocenters. The van der Waals surface area contributed by atoms with E-state index < -0.39 is 11.7 Å². The van der Waals surface area contributed by atoms with Crippen molar-refractivity contribution >= 4 is 23.3 Å². The van der Waals surface area contributed by atoms with Crippen molar-refractivity contribution in [2.24, 2.45) is 0 Å². The van der Waals surface area contributed by atoms with Gasteiger partial charge in [-0.05, 0) is 23.6 Å².